The average molecular weight is 770 g/mol. The first kappa shape index (κ1) is 51.4. The third-order valence-corrected chi connectivity index (χ3v) is 9.84. The molecule has 0 radical (unpaired) electrons. The minimum atomic E-state index is -4.33. The summed E-state index contributed by atoms with van der Waals surface area (Å²) >= 11 is 0. The Morgan fingerprint density at radius 3 is 1.81 bits per heavy atom. The van der Waals surface area contributed by atoms with Crippen LogP contribution < -0.4 is 5.73 Å². The molecule has 310 valence electrons. The van der Waals surface area contributed by atoms with Gasteiger partial charge in [-0.15, -0.1) is 0 Å². The number of allylic oxidation sites excluding steroid dienone is 7. The lowest BCUT2D eigenvalue weighted by atomic mass is 10.0. The lowest BCUT2D eigenvalue weighted by molar-refractivity contribution is -0.154. The maximum atomic E-state index is 12.6. The molecular weight excluding hydrogens is 689 g/mol. The van der Waals surface area contributed by atoms with Crippen molar-refractivity contribution in [3.05, 3.63) is 48.6 Å². The number of hydrogen-bond acceptors (Lipinski definition) is 8. The number of aliphatic hydroxyl groups excluding tert-OH is 1. The number of phosphoric acid groups is 1. The van der Waals surface area contributed by atoms with Gasteiger partial charge in [0.15, 0.2) is 0 Å². The van der Waals surface area contributed by atoms with Crippen LogP contribution in [0.5, 0.6) is 0 Å². The maximum Gasteiger partial charge on any atom is 0.472 e. The fourth-order valence-electron chi connectivity index (χ4n) is 5.69. The number of carbonyl (C=O) groups is 1. The summed E-state index contributed by atoms with van der Waals surface area (Å²) in [6.07, 6.45) is 43.0. The molecule has 53 heavy (non-hydrogen) atoms. The SMILES string of the molecule is CCCCC/C=C/C/C=C/C/C=C/C=C/C(O)CCCC(=O)OC(COCCCCCCCCCCCCCCCCCC)COP(=O)(O)OCCN. The molecule has 9 nitrogen and oxygen atoms in total. The van der Waals surface area contributed by atoms with Gasteiger partial charge in [-0.05, 0) is 44.9 Å². The van der Waals surface area contributed by atoms with E-state index in [2.05, 4.69) is 38.2 Å². The van der Waals surface area contributed by atoms with Crippen molar-refractivity contribution < 1.29 is 37.9 Å². The summed E-state index contributed by atoms with van der Waals surface area (Å²) in [4.78, 5) is 22.5. The molecule has 0 heterocycles. The van der Waals surface area contributed by atoms with Crippen molar-refractivity contribution in [2.75, 3.05) is 33.0 Å². The Bertz CT molecular complexity index is 970. The highest BCUT2D eigenvalue weighted by atomic mass is 31.2. The fourth-order valence-corrected chi connectivity index (χ4v) is 6.45. The first-order chi connectivity index (χ1) is 25.8. The second-order valence-electron chi connectivity index (χ2n) is 14.1. The molecule has 0 aromatic rings. The Kier molecular flexibility index (Phi) is 38.9. The second-order valence-corrected chi connectivity index (χ2v) is 15.5. The highest BCUT2D eigenvalue weighted by Crippen LogP contribution is 2.43. The fraction of sp³-hybridized carbons (Fsp3) is 0.791. The molecule has 3 atom stereocenters. The number of ether oxygens (including phenoxy) is 2. The van der Waals surface area contributed by atoms with E-state index in [0.29, 0.717) is 19.4 Å². The molecular formula is C43H80NO8P. The summed E-state index contributed by atoms with van der Waals surface area (Å²) in [5.41, 5.74) is 5.35. The Hall–Kier alpha value is -1.58. The van der Waals surface area contributed by atoms with Gasteiger partial charge in [-0.2, -0.15) is 0 Å². The van der Waals surface area contributed by atoms with Crippen molar-refractivity contribution in [2.24, 2.45) is 5.73 Å². The van der Waals surface area contributed by atoms with Gasteiger partial charge >= 0.3 is 13.8 Å². The molecule has 0 aliphatic carbocycles. The Morgan fingerprint density at radius 1 is 0.660 bits per heavy atom. The average Bonchev–Trinajstić information content (AvgIpc) is 3.14. The third-order valence-electron chi connectivity index (χ3n) is 8.85. The van der Waals surface area contributed by atoms with E-state index < -0.39 is 26.0 Å². The predicted octanol–water partition coefficient (Wildman–Crippen LogP) is 11.4. The van der Waals surface area contributed by atoms with Crippen LogP contribution in [-0.4, -0.2) is 61.1 Å². The van der Waals surface area contributed by atoms with Crippen LogP contribution in [-0.2, 0) is 27.9 Å². The van der Waals surface area contributed by atoms with Gasteiger partial charge in [-0.3, -0.25) is 13.8 Å². The number of aliphatic hydroxyl groups is 1. The molecule has 0 rings (SSSR count). The zero-order valence-electron chi connectivity index (χ0n) is 33.9. The topological polar surface area (TPSA) is 138 Å². The van der Waals surface area contributed by atoms with Gasteiger partial charge in [0.1, 0.15) is 6.10 Å². The molecule has 0 aromatic heterocycles. The van der Waals surface area contributed by atoms with Crippen LogP contribution in [0, 0.1) is 0 Å². The van der Waals surface area contributed by atoms with Gasteiger partial charge in [-0.25, -0.2) is 4.57 Å². The van der Waals surface area contributed by atoms with Crippen molar-refractivity contribution in [3.63, 3.8) is 0 Å². The molecule has 10 heteroatoms. The van der Waals surface area contributed by atoms with E-state index in [1.807, 2.05) is 18.2 Å². The van der Waals surface area contributed by atoms with Crippen LogP contribution in [0.3, 0.4) is 0 Å². The number of esters is 1. The van der Waals surface area contributed by atoms with Gasteiger partial charge in [0.2, 0.25) is 0 Å². The first-order valence-corrected chi connectivity index (χ1v) is 22.7. The van der Waals surface area contributed by atoms with Gasteiger partial charge in [-0.1, -0.05) is 172 Å². The highest BCUT2D eigenvalue weighted by Gasteiger charge is 2.25. The summed E-state index contributed by atoms with van der Waals surface area (Å²) in [5.74, 6) is -0.487. The molecule has 3 unspecified atom stereocenters. The van der Waals surface area contributed by atoms with Crippen LogP contribution in [0.15, 0.2) is 48.6 Å². The summed E-state index contributed by atoms with van der Waals surface area (Å²) in [5, 5.41) is 10.3. The minimum absolute atomic E-state index is 0.0456. The number of phosphoric ester groups is 1. The molecule has 0 saturated carbocycles. The molecule has 0 bridgehead atoms. The molecule has 0 aliphatic heterocycles. The van der Waals surface area contributed by atoms with Crippen molar-refractivity contribution in [2.45, 2.75) is 187 Å². The van der Waals surface area contributed by atoms with Crippen molar-refractivity contribution in [1.29, 1.82) is 0 Å². The Balaban J connectivity index is 4.24. The first-order valence-electron chi connectivity index (χ1n) is 21.2. The van der Waals surface area contributed by atoms with E-state index in [4.69, 9.17) is 24.3 Å². The smallest absolute Gasteiger partial charge is 0.457 e. The summed E-state index contributed by atoms with van der Waals surface area (Å²) in [7, 11) is -4.33. The van der Waals surface area contributed by atoms with E-state index in [0.717, 1.165) is 32.1 Å². The largest absolute Gasteiger partial charge is 0.472 e. The minimum Gasteiger partial charge on any atom is -0.457 e. The van der Waals surface area contributed by atoms with Crippen LogP contribution in [0.2, 0.25) is 0 Å². The normalized spacial score (nSPS) is 14.6. The maximum absolute atomic E-state index is 12.6. The molecule has 4 N–H and O–H groups in total. The Labute approximate surface area is 324 Å². The van der Waals surface area contributed by atoms with Crippen LogP contribution in [0.4, 0.5) is 0 Å². The van der Waals surface area contributed by atoms with Crippen molar-refractivity contribution in [3.8, 4) is 0 Å². The lowest BCUT2D eigenvalue weighted by Crippen LogP contribution is -2.28. The molecule has 0 aromatic carbocycles. The van der Waals surface area contributed by atoms with Gasteiger partial charge in [0, 0.05) is 19.6 Å². The summed E-state index contributed by atoms with van der Waals surface area (Å²) in [6.45, 7) is 4.63. The summed E-state index contributed by atoms with van der Waals surface area (Å²) < 4.78 is 33.3. The van der Waals surface area contributed by atoms with Crippen molar-refractivity contribution >= 4 is 13.8 Å². The zero-order valence-corrected chi connectivity index (χ0v) is 34.7. The predicted molar refractivity (Wildman–Crippen MR) is 221 cm³/mol. The van der Waals surface area contributed by atoms with Crippen molar-refractivity contribution in [1.82, 2.24) is 0 Å². The van der Waals surface area contributed by atoms with Gasteiger partial charge in [0.25, 0.3) is 0 Å². The van der Waals surface area contributed by atoms with E-state index >= 15 is 0 Å². The third kappa shape index (κ3) is 39.9. The van der Waals surface area contributed by atoms with E-state index in [1.165, 1.54) is 109 Å². The van der Waals surface area contributed by atoms with E-state index in [9.17, 15) is 19.4 Å². The number of rotatable bonds is 40. The second kappa shape index (κ2) is 40.1. The number of carbonyl (C=O) groups excluding carboxylic acids is 1. The zero-order chi connectivity index (χ0) is 38.9. The van der Waals surface area contributed by atoms with Crippen LogP contribution in [0.25, 0.3) is 0 Å². The molecule has 0 spiro atoms. The quantitative estimate of drug-likeness (QED) is 0.0183. The summed E-state index contributed by atoms with van der Waals surface area (Å²) in [6, 6.07) is 0. The molecule has 0 aliphatic rings. The lowest BCUT2D eigenvalue weighted by Gasteiger charge is -2.20. The van der Waals surface area contributed by atoms with E-state index in [1.54, 1.807) is 6.08 Å². The number of nitrogens with two attached hydrogens (primary N) is 1. The number of unbranched alkanes of at least 4 members (excludes halogenated alkanes) is 18. The number of hydrogen-bond donors (Lipinski definition) is 3. The standard InChI is InChI=1S/C43H80NO8P/c1-3-5-7-9-11-13-15-17-18-19-21-23-25-27-29-31-37-49-39-42(40-51-53(47,48)50-38-36-44)52-43(46)35-32-34-41(45)33-30-28-26-24-22-20-16-14-12-10-8-6-4-2/h12,14,20,22,26,28,30,33,41-42,45H,3-11,13,15-19,21,23-25,27,29,31-32,34-40,44H2,1-2H3,(H,47,48)/b14-12+,22-20+,28-26+,33-30+. The van der Waals surface area contributed by atoms with Gasteiger partial charge in [0.05, 0.1) is 25.9 Å². The Morgan fingerprint density at radius 2 is 1.21 bits per heavy atom. The molecule has 0 amide bonds. The monoisotopic (exact) mass is 770 g/mol. The van der Waals surface area contributed by atoms with Crippen LogP contribution >= 0.6 is 7.82 Å². The molecule has 0 fully saturated rings. The molecule has 0 saturated heterocycles. The van der Waals surface area contributed by atoms with Gasteiger partial charge < -0.3 is 25.2 Å². The van der Waals surface area contributed by atoms with E-state index in [-0.39, 0.29) is 32.8 Å². The highest BCUT2D eigenvalue weighted by molar-refractivity contribution is 7.47. The van der Waals surface area contributed by atoms with Crippen LogP contribution in [0.1, 0.15) is 174 Å².